The van der Waals surface area contributed by atoms with E-state index in [4.69, 9.17) is 20.6 Å². The van der Waals surface area contributed by atoms with Gasteiger partial charge in [-0.25, -0.2) is 0 Å². The van der Waals surface area contributed by atoms with Crippen LogP contribution < -0.4 is 11.5 Å². The predicted molar refractivity (Wildman–Crippen MR) is 130 cm³/mol. The molecule has 0 unspecified atom stereocenters. The molecule has 0 fully saturated rings. The molecule has 1 rings (SSSR count). The van der Waals surface area contributed by atoms with Gasteiger partial charge in [0.05, 0.1) is 11.4 Å². The first-order valence-corrected chi connectivity index (χ1v) is 14.1. The number of benzene rings is 1. The lowest BCUT2D eigenvalue weighted by atomic mass is 10.2. The number of nitrogen functional groups attached to an aromatic ring is 2. The number of nitrogens with zero attached hydrogens (tertiary/aromatic N) is 1. The van der Waals surface area contributed by atoms with Gasteiger partial charge in [-0.2, -0.15) is 16.8 Å². The zero-order chi connectivity index (χ0) is 24.8. The van der Waals surface area contributed by atoms with E-state index in [-0.39, 0.29) is 0 Å². The molecule has 0 spiro atoms. The predicted octanol–water partition coefficient (Wildman–Crippen LogP) is 4.20. The first-order valence-electron chi connectivity index (χ1n) is 11.2. The molecule has 0 aliphatic heterocycles. The summed E-state index contributed by atoms with van der Waals surface area (Å²) in [5.41, 5.74) is 9.60. The summed E-state index contributed by atoms with van der Waals surface area (Å²) in [6.07, 6.45) is 12.4. The van der Waals surface area contributed by atoms with Gasteiger partial charge in [0, 0.05) is 0 Å². The third-order valence-corrected chi connectivity index (χ3v) is 6.75. The largest absolute Gasteiger partial charge is 0.398 e. The SMILES string of the molecule is CCCCCN(CCCCC)CCCCC.Nc1cc(N)c(S(=O)(=O)O)cc1S(=O)(=O)O. The van der Waals surface area contributed by atoms with Crippen LogP contribution in [0.3, 0.4) is 0 Å². The van der Waals surface area contributed by atoms with Crippen molar-refractivity contribution in [1.82, 2.24) is 4.90 Å². The summed E-state index contributed by atoms with van der Waals surface area (Å²) in [7, 11) is -9.38. The number of hydrogen-bond donors (Lipinski definition) is 4. The fourth-order valence-corrected chi connectivity index (χ4v) is 4.46. The van der Waals surface area contributed by atoms with Crippen LogP contribution in [0.15, 0.2) is 21.9 Å². The van der Waals surface area contributed by atoms with Crippen LogP contribution in [0, 0.1) is 0 Å². The van der Waals surface area contributed by atoms with Crippen LogP contribution in [0.4, 0.5) is 11.4 Å². The van der Waals surface area contributed by atoms with Gasteiger partial charge in [0.2, 0.25) is 0 Å². The van der Waals surface area contributed by atoms with E-state index in [2.05, 4.69) is 25.7 Å². The second kappa shape index (κ2) is 15.4. The highest BCUT2D eigenvalue weighted by Crippen LogP contribution is 2.27. The normalized spacial score (nSPS) is 11.9. The number of hydrogen-bond acceptors (Lipinski definition) is 7. The standard InChI is InChI=1S/C15H33N.C6H8N2O6S2/c1-4-7-10-13-16(14-11-8-5-2)15-12-9-6-3;7-3-1-4(8)6(16(12,13)14)2-5(3)15(9,10)11/h4-15H2,1-3H3;1-2H,7-8H2,(H,9,10,11)(H,12,13,14). The maximum Gasteiger partial charge on any atom is 0.296 e. The van der Waals surface area contributed by atoms with Gasteiger partial charge < -0.3 is 16.4 Å². The molecular formula is C21H41N3O6S2. The minimum absolute atomic E-state index is 0.424. The van der Waals surface area contributed by atoms with Crippen molar-refractivity contribution in [1.29, 1.82) is 0 Å². The van der Waals surface area contributed by atoms with Crippen molar-refractivity contribution in [3.8, 4) is 0 Å². The summed E-state index contributed by atoms with van der Waals surface area (Å²) in [5, 5.41) is 0. The molecule has 0 saturated heterocycles. The van der Waals surface area contributed by atoms with Crippen LogP contribution in [0.2, 0.25) is 0 Å². The summed E-state index contributed by atoms with van der Waals surface area (Å²) in [6.45, 7) is 10.9. The molecule has 188 valence electrons. The van der Waals surface area contributed by atoms with Gasteiger partial charge in [-0.1, -0.05) is 59.3 Å². The zero-order valence-electron chi connectivity index (χ0n) is 19.6. The van der Waals surface area contributed by atoms with E-state index in [9.17, 15) is 16.8 Å². The molecule has 1 aromatic carbocycles. The lowest BCUT2D eigenvalue weighted by Crippen LogP contribution is -2.27. The number of anilines is 2. The average Bonchev–Trinajstić information content (AvgIpc) is 2.66. The van der Waals surface area contributed by atoms with Gasteiger partial charge in [-0.15, -0.1) is 0 Å². The Bertz CT molecular complexity index is 797. The Kier molecular flexibility index (Phi) is 14.8. The molecular weight excluding hydrogens is 454 g/mol. The van der Waals surface area contributed by atoms with Crippen LogP contribution in [0.5, 0.6) is 0 Å². The van der Waals surface area contributed by atoms with Crippen LogP contribution in [-0.4, -0.2) is 50.5 Å². The molecule has 0 radical (unpaired) electrons. The van der Waals surface area contributed by atoms with E-state index in [1.54, 1.807) is 0 Å². The van der Waals surface area contributed by atoms with Crippen molar-refractivity contribution in [3.05, 3.63) is 12.1 Å². The Labute approximate surface area is 194 Å². The Morgan fingerprint density at radius 2 is 0.969 bits per heavy atom. The van der Waals surface area contributed by atoms with E-state index in [1.165, 1.54) is 77.4 Å². The molecule has 11 heteroatoms. The number of nitrogens with two attached hydrogens (primary N) is 2. The second-order valence-corrected chi connectivity index (χ2v) is 10.6. The van der Waals surface area contributed by atoms with Gasteiger partial charge >= 0.3 is 0 Å². The molecule has 0 aromatic heterocycles. The summed E-state index contributed by atoms with van der Waals surface area (Å²) in [6, 6.07) is 1.29. The van der Waals surface area contributed by atoms with E-state index in [0.29, 0.717) is 6.07 Å². The number of unbranched alkanes of at least 4 members (excludes halogenated alkanes) is 6. The van der Waals surface area contributed by atoms with Gasteiger partial charge in [0.1, 0.15) is 9.79 Å². The minimum Gasteiger partial charge on any atom is -0.398 e. The van der Waals surface area contributed by atoms with Gasteiger partial charge in [-0.3, -0.25) is 9.11 Å². The molecule has 0 saturated carbocycles. The van der Waals surface area contributed by atoms with Crippen molar-refractivity contribution in [3.63, 3.8) is 0 Å². The minimum atomic E-state index is -4.69. The Balaban J connectivity index is 0.000000601. The van der Waals surface area contributed by atoms with Gasteiger partial charge in [0.25, 0.3) is 20.2 Å². The molecule has 0 aliphatic rings. The molecule has 0 aliphatic carbocycles. The van der Waals surface area contributed by atoms with Crippen LogP contribution in [0.1, 0.15) is 78.6 Å². The van der Waals surface area contributed by atoms with Gasteiger partial charge in [-0.05, 0) is 51.0 Å². The third kappa shape index (κ3) is 12.6. The highest BCUT2D eigenvalue weighted by molar-refractivity contribution is 7.86. The molecule has 0 bridgehead atoms. The molecule has 0 atom stereocenters. The molecule has 32 heavy (non-hydrogen) atoms. The average molecular weight is 496 g/mol. The van der Waals surface area contributed by atoms with Crippen molar-refractivity contribution < 1.29 is 25.9 Å². The summed E-state index contributed by atoms with van der Waals surface area (Å²) in [4.78, 5) is 1.02. The van der Waals surface area contributed by atoms with E-state index in [0.717, 1.165) is 6.07 Å². The molecule has 0 amide bonds. The van der Waals surface area contributed by atoms with E-state index >= 15 is 0 Å². The highest BCUT2D eigenvalue weighted by Gasteiger charge is 2.22. The first-order chi connectivity index (χ1) is 14.9. The van der Waals surface area contributed by atoms with Crippen LogP contribution >= 0.6 is 0 Å². The van der Waals surface area contributed by atoms with Crippen molar-refractivity contribution in [2.24, 2.45) is 0 Å². The summed E-state index contributed by atoms with van der Waals surface area (Å²) < 4.78 is 60.7. The topological polar surface area (TPSA) is 164 Å². The molecule has 1 aromatic rings. The molecule has 9 nitrogen and oxygen atoms in total. The van der Waals surface area contributed by atoms with Crippen molar-refractivity contribution in [2.45, 2.75) is 88.3 Å². The maximum atomic E-state index is 10.8. The lowest BCUT2D eigenvalue weighted by Gasteiger charge is -2.22. The molecule has 0 heterocycles. The number of rotatable bonds is 14. The van der Waals surface area contributed by atoms with Crippen LogP contribution in [-0.2, 0) is 20.2 Å². The fourth-order valence-electron chi connectivity index (χ4n) is 3.13. The first kappa shape index (κ1) is 30.6. The van der Waals surface area contributed by atoms with E-state index < -0.39 is 41.4 Å². The Morgan fingerprint density at radius 1 is 0.656 bits per heavy atom. The summed E-state index contributed by atoms with van der Waals surface area (Å²) >= 11 is 0. The Morgan fingerprint density at radius 3 is 1.22 bits per heavy atom. The lowest BCUT2D eigenvalue weighted by molar-refractivity contribution is 0.256. The quantitative estimate of drug-likeness (QED) is 0.168. The fraction of sp³-hybridized carbons (Fsp3) is 0.714. The van der Waals surface area contributed by atoms with E-state index in [1.807, 2.05) is 0 Å². The van der Waals surface area contributed by atoms with Crippen molar-refractivity contribution in [2.75, 3.05) is 31.1 Å². The second-order valence-electron chi connectivity index (χ2n) is 7.84. The third-order valence-electron chi connectivity index (χ3n) is 4.93. The summed E-state index contributed by atoms with van der Waals surface area (Å²) in [5.74, 6) is 0. The van der Waals surface area contributed by atoms with Crippen LogP contribution in [0.25, 0.3) is 0 Å². The zero-order valence-corrected chi connectivity index (χ0v) is 21.2. The van der Waals surface area contributed by atoms with Gasteiger partial charge in [0.15, 0.2) is 0 Å². The smallest absolute Gasteiger partial charge is 0.296 e. The molecule has 6 N–H and O–H groups in total. The Hall–Kier alpha value is -1.40. The van der Waals surface area contributed by atoms with Crippen molar-refractivity contribution >= 4 is 31.6 Å². The maximum absolute atomic E-state index is 10.8. The monoisotopic (exact) mass is 495 g/mol. The highest BCUT2D eigenvalue weighted by atomic mass is 32.2.